The average Bonchev–Trinajstić information content (AvgIpc) is 3.78. The van der Waals surface area contributed by atoms with E-state index in [-0.39, 0.29) is 6.61 Å². The van der Waals surface area contributed by atoms with Crippen LogP contribution in [0.15, 0.2) is 0 Å². The van der Waals surface area contributed by atoms with Crippen LogP contribution >= 0.6 is 0 Å². The third-order valence-corrected chi connectivity index (χ3v) is 8.92. The van der Waals surface area contributed by atoms with Crippen LogP contribution in [0.3, 0.4) is 0 Å². The van der Waals surface area contributed by atoms with E-state index >= 15 is 0 Å². The number of fused-ring (bicyclic) bond motifs is 2. The minimum absolute atomic E-state index is 0.118. The van der Waals surface area contributed by atoms with Gasteiger partial charge in [-0.2, -0.15) is 0 Å². The van der Waals surface area contributed by atoms with E-state index < -0.39 is 133 Å². The molecule has 0 spiro atoms. The lowest BCUT2D eigenvalue weighted by molar-refractivity contribution is -0.220. The number of esters is 1. The molecule has 56 heavy (non-hydrogen) atoms. The van der Waals surface area contributed by atoms with Gasteiger partial charge in [-0.25, -0.2) is 20.5 Å². The van der Waals surface area contributed by atoms with Gasteiger partial charge in [0.1, 0.15) is 42.2 Å². The van der Waals surface area contributed by atoms with Gasteiger partial charge in [-0.05, 0) is 69.2 Å². The number of nitrogens with one attached hydrogen (secondary N) is 4. The summed E-state index contributed by atoms with van der Waals surface area (Å²) in [5.74, 6) is -4.83. The molecule has 0 saturated carbocycles. The van der Waals surface area contributed by atoms with E-state index in [1.165, 1.54) is 28.1 Å². The number of methoxy groups -OCH3 is 2. The van der Waals surface area contributed by atoms with E-state index in [1.807, 2.05) is 0 Å². The highest BCUT2D eigenvalue weighted by molar-refractivity contribution is 5.83. The molecule has 4 aliphatic heterocycles. The summed E-state index contributed by atoms with van der Waals surface area (Å²) >= 11 is 0. The van der Waals surface area contributed by atoms with Crippen LogP contribution in [0.25, 0.3) is 0 Å². The van der Waals surface area contributed by atoms with Crippen molar-refractivity contribution < 1.29 is 81.0 Å². The van der Waals surface area contributed by atoms with Gasteiger partial charge >= 0.3 is 12.1 Å². The maximum atomic E-state index is 13.5. The topological polar surface area (TPSA) is 244 Å². The normalized spacial score (nSPS) is 30.9. The van der Waals surface area contributed by atoms with Crippen molar-refractivity contribution in [1.82, 2.24) is 21.6 Å². The van der Waals surface area contributed by atoms with Crippen LogP contribution in [0.2, 0.25) is 0 Å². The van der Waals surface area contributed by atoms with Crippen molar-refractivity contribution in [1.29, 1.82) is 0 Å². The minimum Gasteiger partial charge on any atom is -0.464 e. The zero-order chi connectivity index (χ0) is 41.7. The van der Waals surface area contributed by atoms with E-state index in [1.54, 1.807) is 55.4 Å². The molecule has 21 nitrogen and oxygen atoms in total. The highest BCUT2D eigenvalue weighted by Crippen LogP contribution is 2.41. The van der Waals surface area contributed by atoms with Crippen LogP contribution in [0.5, 0.6) is 0 Å². The zero-order valence-electron chi connectivity index (χ0n) is 34.0. The fraction of sp³-hybridized carbons (Fsp3) is 0.857. The lowest BCUT2D eigenvalue weighted by atomic mass is 10.00. The monoisotopic (exact) mass is 806 g/mol. The van der Waals surface area contributed by atoms with Gasteiger partial charge in [0.25, 0.3) is 5.91 Å². The molecule has 0 aromatic carbocycles. The lowest BCUT2D eigenvalue weighted by Gasteiger charge is -2.31. The lowest BCUT2D eigenvalue weighted by Crippen LogP contribution is -2.55. The molecule has 0 aromatic rings. The van der Waals surface area contributed by atoms with E-state index in [0.29, 0.717) is 0 Å². The Morgan fingerprint density at radius 2 is 1.14 bits per heavy atom. The first-order valence-electron chi connectivity index (χ1n) is 18.5. The van der Waals surface area contributed by atoms with Gasteiger partial charge in [-0.1, -0.05) is 0 Å². The summed E-state index contributed by atoms with van der Waals surface area (Å²) in [7, 11) is 2.87. The Hall–Kier alpha value is -3.25. The fourth-order valence-electron chi connectivity index (χ4n) is 6.60. The summed E-state index contributed by atoms with van der Waals surface area (Å²) in [5, 5.41) is 5.39. The average molecular weight is 807 g/mol. The molecule has 12 atom stereocenters. The van der Waals surface area contributed by atoms with Crippen molar-refractivity contribution in [2.45, 2.75) is 173 Å². The summed E-state index contributed by atoms with van der Waals surface area (Å²) < 4.78 is 57.5. The Bertz CT molecular complexity index is 1410. The fourth-order valence-corrected chi connectivity index (χ4v) is 6.60. The van der Waals surface area contributed by atoms with Crippen LogP contribution in [-0.2, 0) is 76.2 Å². The van der Waals surface area contributed by atoms with E-state index in [0.717, 1.165) is 0 Å². The number of hydrogen-bond donors (Lipinski definition) is 4. The first kappa shape index (κ1) is 45.5. The molecule has 4 fully saturated rings. The van der Waals surface area contributed by atoms with Crippen molar-refractivity contribution in [2.24, 2.45) is 0 Å². The molecule has 0 aliphatic carbocycles. The van der Waals surface area contributed by atoms with Gasteiger partial charge in [0, 0.05) is 14.2 Å². The van der Waals surface area contributed by atoms with Crippen LogP contribution in [0.1, 0.15) is 82.1 Å². The van der Waals surface area contributed by atoms with Crippen molar-refractivity contribution in [3.8, 4) is 0 Å². The smallest absolute Gasteiger partial charge is 0.407 e. The van der Waals surface area contributed by atoms with Crippen LogP contribution in [-0.4, -0.2) is 141 Å². The molecule has 4 heterocycles. The summed E-state index contributed by atoms with van der Waals surface area (Å²) in [5.41, 5.74) is 3.59. The maximum absolute atomic E-state index is 13.5. The number of hydroxylamine groups is 2. The largest absolute Gasteiger partial charge is 0.464 e. The standard InChI is InChI=1S/C35H58N4O17/c1-13-47-29(43)17(3)56-39-20(40)14-18(22-24(45-11)26-30(48-22)52-34(7,8)50-26)36-28(42)16(2)55-38-21(41)15-19(37-32(44)54-33(4,5)6)23-25(46-12)27-31(49-23)53-35(9,10)51-27/h16-19,22-27,30-31H,13-15H2,1-12H3,(H,36,42)(H,37,44)(H,38,41)(H,39,40)/t16-,17-,18+,19+,22-,23-,24+,25+,26-,27-,30-,31-/m1/s1. The summed E-state index contributed by atoms with van der Waals surface area (Å²) in [6, 6.07) is -2.11. The second-order valence-corrected chi connectivity index (χ2v) is 15.6. The molecular formula is C35H58N4O17. The number of ether oxygens (including phenoxy) is 10. The van der Waals surface area contributed by atoms with Crippen LogP contribution < -0.4 is 21.6 Å². The second kappa shape index (κ2) is 18.6. The molecule has 320 valence electrons. The van der Waals surface area contributed by atoms with Crippen LogP contribution in [0, 0.1) is 0 Å². The number of alkyl carbamates (subject to hydrolysis) is 1. The molecule has 4 saturated heterocycles. The van der Waals surface area contributed by atoms with E-state index in [2.05, 4.69) is 21.6 Å². The number of carbonyl (C=O) groups excluding carboxylic acids is 5. The van der Waals surface area contributed by atoms with Crippen molar-refractivity contribution in [2.75, 3.05) is 20.8 Å². The number of amides is 4. The van der Waals surface area contributed by atoms with Gasteiger partial charge < -0.3 is 58.0 Å². The molecule has 0 unspecified atom stereocenters. The Morgan fingerprint density at radius 1 is 0.696 bits per heavy atom. The molecule has 4 aliphatic rings. The van der Waals surface area contributed by atoms with Gasteiger partial charge in [0.15, 0.2) is 36.4 Å². The maximum Gasteiger partial charge on any atom is 0.407 e. The third kappa shape index (κ3) is 11.9. The molecule has 4 amide bonds. The first-order chi connectivity index (χ1) is 26.1. The molecule has 0 aromatic heterocycles. The second-order valence-electron chi connectivity index (χ2n) is 15.6. The Morgan fingerprint density at radius 3 is 1.57 bits per heavy atom. The molecular weight excluding hydrogens is 748 g/mol. The van der Waals surface area contributed by atoms with Gasteiger partial charge in [0.05, 0.1) is 31.5 Å². The van der Waals surface area contributed by atoms with Crippen molar-refractivity contribution in [3.05, 3.63) is 0 Å². The molecule has 4 N–H and O–H groups in total. The Labute approximate surface area is 325 Å². The summed E-state index contributed by atoms with van der Waals surface area (Å²) in [6.45, 7) is 16.4. The first-order valence-corrected chi connectivity index (χ1v) is 18.5. The Kier molecular flexibility index (Phi) is 15.1. The molecule has 21 heteroatoms. The third-order valence-electron chi connectivity index (χ3n) is 8.92. The summed E-state index contributed by atoms with van der Waals surface area (Å²) in [4.78, 5) is 75.3. The summed E-state index contributed by atoms with van der Waals surface area (Å²) in [6.07, 6.45) is -10.6. The Balaban J connectivity index is 1.41. The van der Waals surface area contributed by atoms with E-state index in [4.69, 9.17) is 57.0 Å². The number of hydrogen-bond acceptors (Lipinski definition) is 17. The zero-order valence-corrected chi connectivity index (χ0v) is 34.0. The predicted molar refractivity (Wildman–Crippen MR) is 187 cm³/mol. The highest BCUT2D eigenvalue weighted by atomic mass is 16.9. The van der Waals surface area contributed by atoms with Crippen LogP contribution in [0.4, 0.5) is 4.79 Å². The van der Waals surface area contributed by atoms with Gasteiger partial charge in [-0.3, -0.25) is 24.1 Å². The van der Waals surface area contributed by atoms with Crippen molar-refractivity contribution in [3.63, 3.8) is 0 Å². The predicted octanol–water partition coefficient (Wildman–Crippen LogP) is 0.363. The van der Waals surface area contributed by atoms with Gasteiger partial charge in [-0.15, -0.1) is 0 Å². The highest BCUT2D eigenvalue weighted by Gasteiger charge is 2.58. The number of carbonyl (C=O) groups is 5. The molecule has 0 radical (unpaired) electrons. The molecule has 0 bridgehead atoms. The van der Waals surface area contributed by atoms with Crippen molar-refractivity contribution >= 4 is 29.8 Å². The quantitative estimate of drug-likeness (QED) is 0.115. The molecule has 4 rings (SSSR count). The minimum atomic E-state index is -1.33. The number of rotatable bonds is 17. The SMILES string of the molecule is CCOC(=O)[C@@H](C)ONC(=O)C[C@H](NC(=O)[C@@H](C)ONC(=O)C[C@H](NC(=O)OC(C)(C)C)[C@H]1O[C@@H]2OC(C)(C)O[C@@H]2[C@H]1OC)[C@H]1O[C@@H]2OC(C)(C)O[C@@H]2[C@H]1OC. The van der Waals surface area contributed by atoms with Gasteiger partial charge in [0.2, 0.25) is 11.8 Å². The van der Waals surface area contributed by atoms with E-state index in [9.17, 15) is 24.0 Å².